The van der Waals surface area contributed by atoms with E-state index in [0.29, 0.717) is 23.6 Å². The van der Waals surface area contributed by atoms with E-state index in [4.69, 9.17) is 0 Å². The fraction of sp³-hybridized carbons (Fsp3) is 0.615. The Bertz CT molecular complexity index is 703. The Hall–Kier alpha value is -1.85. The molecule has 0 radical (unpaired) electrons. The third-order valence-corrected chi connectivity index (χ3v) is 3.96. The average molecular weight is 262 g/mol. The molecule has 1 aliphatic carbocycles. The van der Waals surface area contributed by atoms with Gasteiger partial charge < -0.3 is 4.98 Å². The van der Waals surface area contributed by atoms with Gasteiger partial charge in [-0.05, 0) is 12.8 Å². The van der Waals surface area contributed by atoms with Crippen molar-refractivity contribution in [2.45, 2.75) is 45.6 Å². The average Bonchev–Trinajstić information content (AvgIpc) is 3.00. The molecule has 2 heterocycles. The number of imidazole rings is 1. The Morgan fingerprint density at radius 1 is 1.26 bits per heavy atom. The second-order valence-corrected chi connectivity index (χ2v) is 5.24. The number of H-pyrrole nitrogens is 2. The van der Waals surface area contributed by atoms with Gasteiger partial charge in [0, 0.05) is 13.0 Å². The maximum atomic E-state index is 11.8. The van der Waals surface area contributed by atoms with Gasteiger partial charge in [0.15, 0.2) is 5.65 Å². The molecule has 3 rings (SSSR count). The lowest BCUT2D eigenvalue weighted by molar-refractivity contribution is 0.533. The number of aromatic amines is 2. The van der Waals surface area contributed by atoms with E-state index in [1.165, 1.54) is 30.3 Å². The summed E-state index contributed by atoms with van der Waals surface area (Å²) >= 11 is 0. The molecule has 1 saturated carbocycles. The van der Waals surface area contributed by atoms with Crippen molar-refractivity contribution in [3.8, 4) is 0 Å². The molecule has 0 aliphatic heterocycles. The van der Waals surface area contributed by atoms with E-state index in [1.807, 2.05) is 6.92 Å². The van der Waals surface area contributed by atoms with Crippen molar-refractivity contribution < 1.29 is 0 Å². The van der Waals surface area contributed by atoms with Gasteiger partial charge in [-0.2, -0.15) is 0 Å². The highest BCUT2D eigenvalue weighted by atomic mass is 16.2. The first-order valence-electron chi connectivity index (χ1n) is 6.90. The Labute approximate surface area is 109 Å². The summed E-state index contributed by atoms with van der Waals surface area (Å²) < 4.78 is 1.49. The zero-order valence-corrected chi connectivity index (χ0v) is 11.0. The number of nitrogens with one attached hydrogen (secondary N) is 2. The molecule has 6 heteroatoms. The number of aryl methyl sites for hydroxylation is 1. The normalized spacial score (nSPS) is 16.5. The summed E-state index contributed by atoms with van der Waals surface area (Å²) in [5, 5.41) is 0. The highest BCUT2D eigenvalue weighted by molar-refractivity contribution is 5.69. The first-order valence-corrected chi connectivity index (χ1v) is 6.90. The topological polar surface area (TPSA) is 83.5 Å². The van der Waals surface area contributed by atoms with Gasteiger partial charge >= 0.3 is 5.69 Å². The van der Waals surface area contributed by atoms with Crippen LogP contribution in [-0.2, 0) is 13.0 Å². The fourth-order valence-corrected chi connectivity index (χ4v) is 2.97. The molecule has 1 aliphatic rings. The van der Waals surface area contributed by atoms with E-state index in [-0.39, 0.29) is 11.2 Å². The lowest BCUT2D eigenvalue weighted by Crippen LogP contribution is -2.29. The second-order valence-electron chi connectivity index (χ2n) is 5.24. The van der Waals surface area contributed by atoms with Crippen molar-refractivity contribution in [2.24, 2.45) is 5.92 Å². The van der Waals surface area contributed by atoms with Crippen LogP contribution in [0.15, 0.2) is 9.59 Å². The third kappa shape index (κ3) is 2.11. The van der Waals surface area contributed by atoms with Gasteiger partial charge in [-0.3, -0.25) is 14.3 Å². The highest BCUT2D eigenvalue weighted by Gasteiger charge is 2.18. The van der Waals surface area contributed by atoms with Crippen LogP contribution in [0.4, 0.5) is 0 Å². The summed E-state index contributed by atoms with van der Waals surface area (Å²) in [6, 6.07) is 0. The van der Waals surface area contributed by atoms with E-state index >= 15 is 0 Å². The highest BCUT2D eigenvalue weighted by Crippen LogP contribution is 2.27. The molecule has 0 spiro atoms. The maximum Gasteiger partial charge on any atom is 0.330 e. The maximum absolute atomic E-state index is 11.8. The molecule has 0 unspecified atom stereocenters. The minimum absolute atomic E-state index is 0.380. The van der Waals surface area contributed by atoms with Gasteiger partial charge in [0.2, 0.25) is 0 Å². The molecule has 0 saturated heterocycles. The Morgan fingerprint density at radius 2 is 2.00 bits per heavy atom. The third-order valence-electron chi connectivity index (χ3n) is 3.96. The van der Waals surface area contributed by atoms with Gasteiger partial charge in [0.05, 0.1) is 0 Å². The molecule has 102 valence electrons. The van der Waals surface area contributed by atoms with Crippen LogP contribution in [-0.4, -0.2) is 19.5 Å². The SMILES string of the molecule is CCn1c(=O)[nH]c(=O)c2[nH]c(CC3CCCC3)nc21. The predicted molar refractivity (Wildman–Crippen MR) is 72.3 cm³/mol. The number of rotatable bonds is 3. The van der Waals surface area contributed by atoms with Crippen molar-refractivity contribution in [1.29, 1.82) is 0 Å². The summed E-state index contributed by atoms with van der Waals surface area (Å²) in [4.78, 5) is 33.3. The molecule has 2 aromatic heterocycles. The van der Waals surface area contributed by atoms with Crippen molar-refractivity contribution in [2.75, 3.05) is 0 Å². The zero-order valence-electron chi connectivity index (χ0n) is 11.0. The number of hydrogen-bond donors (Lipinski definition) is 2. The molecule has 1 fully saturated rings. The first-order chi connectivity index (χ1) is 9.19. The van der Waals surface area contributed by atoms with Crippen molar-refractivity contribution >= 4 is 11.2 Å². The molecule has 6 nitrogen and oxygen atoms in total. The molecule has 19 heavy (non-hydrogen) atoms. The lowest BCUT2D eigenvalue weighted by atomic mass is 10.0. The molecule has 0 amide bonds. The van der Waals surface area contributed by atoms with Crippen LogP contribution in [0.1, 0.15) is 38.4 Å². The van der Waals surface area contributed by atoms with Crippen LogP contribution in [0.3, 0.4) is 0 Å². The smallest absolute Gasteiger partial charge is 0.330 e. The monoisotopic (exact) mass is 262 g/mol. The quantitative estimate of drug-likeness (QED) is 0.870. The summed E-state index contributed by atoms with van der Waals surface area (Å²) in [5.74, 6) is 1.47. The number of nitrogens with zero attached hydrogens (tertiary/aromatic N) is 2. The Kier molecular flexibility index (Phi) is 3.00. The van der Waals surface area contributed by atoms with Crippen molar-refractivity contribution in [3.63, 3.8) is 0 Å². The van der Waals surface area contributed by atoms with Crippen LogP contribution in [0.5, 0.6) is 0 Å². The second kappa shape index (κ2) is 4.68. The van der Waals surface area contributed by atoms with E-state index in [0.717, 1.165) is 12.2 Å². The first kappa shape index (κ1) is 12.2. The van der Waals surface area contributed by atoms with Crippen molar-refractivity contribution in [3.05, 3.63) is 26.7 Å². The summed E-state index contributed by atoms with van der Waals surface area (Å²) in [6.45, 7) is 2.37. The van der Waals surface area contributed by atoms with E-state index < -0.39 is 0 Å². The van der Waals surface area contributed by atoms with Gasteiger partial charge in [0.1, 0.15) is 11.3 Å². The minimum atomic E-state index is -0.390. The van der Waals surface area contributed by atoms with E-state index in [9.17, 15) is 9.59 Å². The fourth-order valence-electron chi connectivity index (χ4n) is 2.97. The van der Waals surface area contributed by atoms with Crippen LogP contribution >= 0.6 is 0 Å². The van der Waals surface area contributed by atoms with Gasteiger partial charge in [-0.15, -0.1) is 0 Å². The summed E-state index contributed by atoms with van der Waals surface area (Å²) in [6.07, 6.45) is 5.89. The molecule has 2 aromatic rings. The van der Waals surface area contributed by atoms with Gasteiger partial charge in [-0.25, -0.2) is 9.78 Å². The Balaban J connectivity index is 2.06. The molecule has 0 atom stereocenters. The molecule has 0 aromatic carbocycles. The lowest BCUT2D eigenvalue weighted by Gasteiger charge is -2.04. The molecular formula is C13H18N4O2. The van der Waals surface area contributed by atoms with Crippen molar-refractivity contribution in [1.82, 2.24) is 19.5 Å². The van der Waals surface area contributed by atoms with E-state index in [2.05, 4.69) is 15.0 Å². The van der Waals surface area contributed by atoms with Gasteiger partial charge in [0.25, 0.3) is 5.56 Å². The standard InChI is InChI=1S/C13H18N4O2/c1-2-17-11-10(12(18)16-13(17)19)14-9(15-11)7-8-5-3-4-6-8/h8H,2-7H2,1H3,(H,14,15)(H,16,18,19). The number of aromatic nitrogens is 4. The minimum Gasteiger partial charge on any atom is -0.336 e. The molecular weight excluding hydrogens is 244 g/mol. The van der Waals surface area contributed by atoms with Crippen LogP contribution < -0.4 is 11.2 Å². The van der Waals surface area contributed by atoms with Crippen LogP contribution in [0, 0.1) is 5.92 Å². The van der Waals surface area contributed by atoms with Gasteiger partial charge in [-0.1, -0.05) is 25.7 Å². The zero-order chi connectivity index (χ0) is 13.4. The molecule has 2 N–H and O–H groups in total. The molecule has 0 bridgehead atoms. The summed E-state index contributed by atoms with van der Waals surface area (Å²) in [5.41, 5.74) is 0.118. The predicted octanol–water partition coefficient (Wildman–Crippen LogP) is 1.17. The van der Waals surface area contributed by atoms with E-state index in [1.54, 1.807) is 0 Å². The number of fused-ring (bicyclic) bond motifs is 1. The Morgan fingerprint density at radius 3 is 2.68 bits per heavy atom. The van der Waals surface area contributed by atoms with Crippen LogP contribution in [0.2, 0.25) is 0 Å². The summed E-state index contributed by atoms with van der Waals surface area (Å²) in [7, 11) is 0. The van der Waals surface area contributed by atoms with Crippen LogP contribution in [0.25, 0.3) is 11.2 Å². The number of hydrogen-bond acceptors (Lipinski definition) is 3. The largest absolute Gasteiger partial charge is 0.336 e.